The number of hydrogen-bond acceptors (Lipinski definition) is 1. The van der Waals surface area contributed by atoms with Crippen molar-refractivity contribution in [2.45, 2.75) is 31.8 Å². The molecule has 1 aromatic rings. The monoisotopic (exact) mass is 447 g/mol. The summed E-state index contributed by atoms with van der Waals surface area (Å²) < 4.78 is 0. The zero-order valence-corrected chi connectivity index (χ0v) is 19.2. The Bertz CT molecular complexity index is 497. The summed E-state index contributed by atoms with van der Waals surface area (Å²) in [5, 5.41) is 0. The molecular formula is C26H31NZr+2. The summed E-state index contributed by atoms with van der Waals surface area (Å²) in [5.41, 5.74) is 1.64. The average molecular weight is 449 g/mol. The molecule has 28 heavy (non-hydrogen) atoms. The van der Waals surface area contributed by atoms with E-state index in [0.717, 1.165) is 13.1 Å². The largest absolute Gasteiger partial charge is 4.00 e. The summed E-state index contributed by atoms with van der Waals surface area (Å²) >= 11 is 0. The second kappa shape index (κ2) is 12.7. The predicted molar refractivity (Wildman–Crippen MR) is 114 cm³/mol. The summed E-state index contributed by atoms with van der Waals surface area (Å²) in [6, 6.07) is 11.4. The van der Waals surface area contributed by atoms with Gasteiger partial charge in [0.05, 0.1) is 0 Å². The van der Waals surface area contributed by atoms with Crippen LogP contribution in [0.1, 0.15) is 24.8 Å². The van der Waals surface area contributed by atoms with E-state index in [9.17, 15) is 0 Å². The van der Waals surface area contributed by atoms with Gasteiger partial charge in [-0.1, -0.05) is 43.2 Å². The molecule has 0 spiro atoms. The normalized spacial score (nSPS) is 31.2. The third-order valence-corrected chi connectivity index (χ3v) is 5.83. The number of nitrogens with zero attached hydrogens (tertiary/aromatic N) is 1. The van der Waals surface area contributed by atoms with Gasteiger partial charge in [0.2, 0.25) is 0 Å². The minimum Gasteiger partial charge on any atom is -0.341 e. The van der Waals surface area contributed by atoms with Gasteiger partial charge in [0, 0.05) is 6.54 Å². The maximum Gasteiger partial charge on any atom is 4.00 e. The third kappa shape index (κ3) is 6.80. The Morgan fingerprint density at radius 1 is 0.857 bits per heavy atom. The van der Waals surface area contributed by atoms with Crippen LogP contribution in [0.25, 0.3) is 0 Å². The van der Waals surface area contributed by atoms with Gasteiger partial charge in [-0.05, 0) is 88.8 Å². The molecule has 0 N–H and O–H groups in total. The van der Waals surface area contributed by atoms with E-state index in [-0.39, 0.29) is 31.6 Å². The molecular weight excluding hydrogens is 418 g/mol. The predicted octanol–water partition coefficient (Wildman–Crippen LogP) is 5.37. The van der Waals surface area contributed by atoms with E-state index >= 15 is 0 Å². The first-order chi connectivity index (χ1) is 13.2. The van der Waals surface area contributed by atoms with E-state index in [1.807, 2.05) is 64.2 Å². The van der Waals surface area contributed by atoms with Gasteiger partial charge in [0.25, 0.3) is 0 Å². The van der Waals surface area contributed by atoms with Crippen molar-refractivity contribution < 1.29 is 26.2 Å². The Kier molecular flexibility index (Phi) is 11.0. The van der Waals surface area contributed by atoms with Crippen LogP contribution in [0.2, 0.25) is 0 Å². The molecule has 0 bridgehead atoms. The van der Waals surface area contributed by atoms with Crippen molar-refractivity contribution in [2.24, 2.45) is 11.3 Å². The Labute approximate surface area is 194 Å². The fourth-order valence-corrected chi connectivity index (χ4v) is 4.33. The number of fused-ring (bicyclic) bond motifs is 1. The molecule has 2 heteroatoms. The van der Waals surface area contributed by atoms with Crippen LogP contribution in [-0.4, -0.2) is 17.5 Å². The van der Waals surface area contributed by atoms with E-state index in [1.165, 1.54) is 24.8 Å². The van der Waals surface area contributed by atoms with Crippen molar-refractivity contribution in [3.05, 3.63) is 114 Å². The molecule has 3 atom stereocenters. The van der Waals surface area contributed by atoms with Crippen LogP contribution in [-0.2, 0) is 32.7 Å². The van der Waals surface area contributed by atoms with Crippen molar-refractivity contribution in [1.29, 1.82) is 0 Å². The quantitative estimate of drug-likeness (QED) is 0.550. The van der Waals surface area contributed by atoms with Crippen LogP contribution in [0, 0.1) is 89.4 Å². The van der Waals surface area contributed by atoms with Crippen molar-refractivity contribution in [2.75, 3.05) is 6.54 Å². The Hall–Kier alpha value is 0.0631. The van der Waals surface area contributed by atoms with Gasteiger partial charge in [-0.25, -0.2) is 0 Å². The van der Waals surface area contributed by atoms with Gasteiger partial charge in [-0.15, -0.1) is 0 Å². The minimum atomic E-state index is 0. The standard InChI is InChI=1S/C16H21N.2C5H5.Zr/c1-13-11-17(12-14-7-4-3-5-8-14)15-9-6-10-16(13,15)2;2*1-2-4-5-3-1;/h3-5,7-8,13,15H,1-2,6,9-12H2;2*1-5H;/q-2;;;+4/t13-,15+,16+;;;/m0.../s1. The molecule has 3 saturated carbocycles. The van der Waals surface area contributed by atoms with E-state index in [2.05, 4.69) is 49.1 Å². The van der Waals surface area contributed by atoms with Crippen LogP contribution in [0.5, 0.6) is 0 Å². The summed E-state index contributed by atoms with van der Waals surface area (Å²) in [6.45, 7) is 11.0. The molecule has 5 rings (SSSR count). The van der Waals surface area contributed by atoms with Crippen LogP contribution >= 0.6 is 0 Å². The van der Waals surface area contributed by atoms with Gasteiger partial charge in [-0.3, -0.25) is 0 Å². The molecule has 4 fully saturated rings. The van der Waals surface area contributed by atoms with Gasteiger partial charge < -0.3 is 18.7 Å². The summed E-state index contributed by atoms with van der Waals surface area (Å²) in [7, 11) is 0. The number of rotatable bonds is 2. The SMILES string of the molecule is [CH2-][C@H]1CN(Cc2ccccc2)[C@@H]2CCC[C@]12[CH2-].[CH]1[CH][CH][CH][CH]1.[CH]1[CH][CH][CH][CH]1.[Zr+4]. The average Bonchev–Trinajstić information content (AvgIpc) is 3.47. The van der Waals surface area contributed by atoms with Crippen LogP contribution in [0.15, 0.2) is 30.3 Å². The molecule has 1 saturated heterocycles. The zero-order valence-electron chi connectivity index (χ0n) is 16.7. The van der Waals surface area contributed by atoms with Crippen molar-refractivity contribution >= 4 is 0 Å². The van der Waals surface area contributed by atoms with Gasteiger partial charge in [0.15, 0.2) is 0 Å². The maximum absolute atomic E-state index is 4.50. The maximum atomic E-state index is 4.50. The fraction of sp³-hybridized carbons (Fsp3) is 0.308. The zero-order chi connectivity index (χ0) is 19.0. The molecule has 1 nitrogen and oxygen atoms in total. The van der Waals surface area contributed by atoms with Crippen molar-refractivity contribution in [1.82, 2.24) is 4.90 Å². The summed E-state index contributed by atoms with van der Waals surface area (Å²) in [4.78, 5) is 2.60. The van der Waals surface area contributed by atoms with E-state index in [0.29, 0.717) is 12.0 Å². The second-order valence-corrected chi connectivity index (χ2v) is 7.68. The molecule has 142 valence electrons. The summed E-state index contributed by atoms with van der Waals surface area (Å²) in [5.74, 6) is 0.499. The van der Waals surface area contributed by atoms with Crippen LogP contribution < -0.4 is 0 Å². The number of likely N-dealkylation sites (tertiary alicyclic amines) is 1. The number of hydrogen-bond donors (Lipinski definition) is 0. The van der Waals surface area contributed by atoms with Gasteiger partial charge >= 0.3 is 26.2 Å². The minimum absolute atomic E-state index is 0. The van der Waals surface area contributed by atoms with Crippen molar-refractivity contribution in [3.63, 3.8) is 0 Å². The Morgan fingerprint density at radius 3 is 1.86 bits per heavy atom. The van der Waals surface area contributed by atoms with Crippen LogP contribution in [0.3, 0.4) is 0 Å². The van der Waals surface area contributed by atoms with Crippen LogP contribution in [0.4, 0.5) is 0 Å². The molecule has 1 heterocycles. The molecule has 1 aromatic carbocycles. The first-order valence-corrected chi connectivity index (χ1v) is 10.00. The van der Waals surface area contributed by atoms with E-state index < -0.39 is 0 Å². The molecule has 1 aliphatic heterocycles. The third-order valence-electron chi connectivity index (χ3n) is 5.83. The molecule has 3 aliphatic carbocycles. The van der Waals surface area contributed by atoms with Gasteiger partial charge in [0.1, 0.15) is 0 Å². The number of benzene rings is 1. The molecule has 0 unspecified atom stereocenters. The topological polar surface area (TPSA) is 3.24 Å². The second-order valence-electron chi connectivity index (χ2n) is 7.68. The first-order valence-electron chi connectivity index (χ1n) is 10.00. The fourth-order valence-electron chi connectivity index (χ4n) is 4.33. The Balaban J connectivity index is 0.000000209. The smallest absolute Gasteiger partial charge is 0.341 e. The van der Waals surface area contributed by atoms with Gasteiger partial charge in [-0.2, -0.15) is 11.3 Å². The molecule has 10 radical (unpaired) electrons. The molecule has 4 aliphatic rings. The first kappa shape index (κ1) is 24.3. The van der Waals surface area contributed by atoms with E-state index in [1.54, 1.807) is 0 Å². The van der Waals surface area contributed by atoms with E-state index in [4.69, 9.17) is 0 Å². The molecule has 0 amide bonds. The molecule has 0 aromatic heterocycles. The Morgan fingerprint density at radius 2 is 1.36 bits per heavy atom. The van der Waals surface area contributed by atoms with Crippen molar-refractivity contribution in [3.8, 4) is 0 Å². The summed E-state index contributed by atoms with van der Waals surface area (Å²) in [6.07, 6.45) is 23.9.